The number of carbonyl (C=O) groups is 6. The predicted octanol–water partition coefficient (Wildman–Crippen LogP) is 14.6. The number of hydrogen-bond acceptors (Lipinski definition) is 12. The molecule has 0 spiro atoms. The number of benzene rings is 6. The molecule has 3 heterocycles. The summed E-state index contributed by atoms with van der Waals surface area (Å²) in [5.41, 5.74) is -10.8. The van der Waals surface area contributed by atoms with E-state index < -0.39 is 118 Å². The molecule has 0 saturated carbocycles. The van der Waals surface area contributed by atoms with Crippen LogP contribution in [0, 0.1) is 34.0 Å². The highest BCUT2D eigenvalue weighted by molar-refractivity contribution is 6.40. The zero-order valence-corrected chi connectivity index (χ0v) is 53.9. The van der Waals surface area contributed by atoms with Crippen LogP contribution in [-0.4, -0.2) is 110 Å². The van der Waals surface area contributed by atoms with Crippen LogP contribution in [0.2, 0.25) is 15.1 Å². The van der Waals surface area contributed by atoms with E-state index in [-0.39, 0.29) is 54.4 Å². The summed E-state index contributed by atoms with van der Waals surface area (Å²) in [7, 11) is 1.62. The van der Waals surface area contributed by atoms with Gasteiger partial charge in [0, 0.05) is 29.2 Å². The number of aliphatic hydroxyl groups is 1. The molecule has 0 aliphatic carbocycles. The van der Waals surface area contributed by atoms with E-state index >= 15 is 0 Å². The minimum Gasteiger partial charge on any atom is -0.393 e. The van der Waals surface area contributed by atoms with Crippen LogP contribution in [0.1, 0.15) is 51.4 Å². The van der Waals surface area contributed by atoms with Gasteiger partial charge in [-0.15, -0.1) is 36.4 Å². The van der Waals surface area contributed by atoms with Crippen molar-refractivity contribution in [3.63, 3.8) is 0 Å². The second-order valence-electron chi connectivity index (χ2n) is 20.1. The molecule has 2 N–H and O–H groups in total. The fourth-order valence-corrected chi connectivity index (χ4v) is 10.4. The highest BCUT2D eigenvalue weighted by Gasteiger charge is 2.60. The van der Waals surface area contributed by atoms with E-state index in [0.29, 0.717) is 59.1 Å². The van der Waals surface area contributed by atoms with Crippen LogP contribution >= 0.6 is 58.0 Å². The Bertz CT molecular complexity index is 4100. The number of hydrogen-bond donors (Lipinski definition) is 2. The maximum atomic E-state index is 13.6. The lowest BCUT2D eigenvalue weighted by Gasteiger charge is -2.32. The van der Waals surface area contributed by atoms with E-state index in [4.69, 9.17) is 84.6 Å². The number of aliphatic hydroxyl groups excluding tert-OH is 1. The zero-order chi connectivity index (χ0) is 73.5. The summed E-state index contributed by atoms with van der Waals surface area (Å²) >= 11 is 27.2. The van der Waals surface area contributed by atoms with Crippen LogP contribution in [0.3, 0.4) is 0 Å². The van der Waals surface area contributed by atoms with Crippen molar-refractivity contribution in [1.29, 1.82) is 15.8 Å². The Morgan fingerprint density at radius 3 is 1.18 bits per heavy atom. The topological polar surface area (TPSA) is 241 Å². The van der Waals surface area contributed by atoms with Gasteiger partial charge < -0.3 is 29.7 Å². The Balaban J connectivity index is 0.000000255. The number of halogens is 15. The van der Waals surface area contributed by atoms with E-state index in [1.807, 2.05) is 0 Å². The molecule has 0 radical (unpaired) electrons. The van der Waals surface area contributed by atoms with Crippen molar-refractivity contribution >= 4 is 111 Å². The Hall–Kier alpha value is -9.28. The Kier molecular flexibility index (Phi) is 25.8. The van der Waals surface area contributed by atoms with Crippen molar-refractivity contribution in [2.75, 3.05) is 74.3 Å². The highest BCUT2D eigenvalue weighted by Crippen LogP contribution is 2.45. The molecule has 3 unspecified atom stereocenters. The maximum absolute atomic E-state index is 13.6. The Labute approximate surface area is 573 Å². The number of anilines is 3. The number of amides is 9. The monoisotopic (exact) mass is 1450 g/mol. The summed E-state index contributed by atoms with van der Waals surface area (Å²) in [4.78, 5) is 82.7. The normalized spacial score (nSPS) is 18.4. The van der Waals surface area contributed by atoms with Gasteiger partial charge in [-0.25, -0.2) is 29.1 Å². The first-order chi connectivity index (χ1) is 46.1. The van der Waals surface area contributed by atoms with Crippen molar-refractivity contribution in [2.45, 2.75) is 35.1 Å². The molecule has 510 valence electrons. The second-order valence-corrected chi connectivity index (χ2v) is 22.2. The van der Waals surface area contributed by atoms with Gasteiger partial charge in [-0.1, -0.05) is 83.4 Å². The first-order valence-electron chi connectivity index (χ1n) is 27.8. The van der Waals surface area contributed by atoms with E-state index in [0.717, 1.165) is 46.2 Å². The second kappa shape index (κ2) is 32.6. The average Bonchev–Trinajstić information content (AvgIpc) is 1.58. The molecule has 33 heteroatoms. The number of nitrogens with zero attached hydrogens (tertiary/aromatic N) is 8. The molecule has 0 aromatic heterocycles. The quantitative estimate of drug-likeness (QED) is 0.0321. The van der Waals surface area contributed by atoms with Crippen LogP contribution in [0.25, 0.3) is 0 Å². The molecule has 9 amide bonds. The van der Waals surface area contributed by atoms with Crippen molar-refractivity contribution < 1.29 is 88.6 Å². The Morgan fingerprint density at radius 1 is 0.536 bits per heavy atom. The molecule has 3 saturated heterocycles. The summed E-state index contributed by atoms with van der Waals surface area (Å²) in [6.07, 6.45) is -11.6. The van der Waals surface area contributed by atoms with Crippen LogP contribution < -0.4 is 20.0 Å². The van der Waals surface area contributed by atoms with Gasteiger partial charge in [0.25, 0.3) is 17.7 Å². The molecule has 6 aromatic carbocycles. The van der Waals surface area contributed by atoms with Gasteiger partial charge in [-0.3, -0.25) is 18.8 Å². The van der Waals surface area contributed by atoms with Gasteiger partial charge in [0.1, 0.15) is 0 Å². The lowest BCUT2D eigenvalue weighted by atomic mass is 9.89. The molecule has 97 heavy (non-hydrogen) atoms. The largest absolute Gasteiger partial charge is 0.417 e. The third kappa shape index (κ3) is 16.2. The third-order valence-electron chi connectivity index (χ3n) is 14.7. The summed E-state index contributed by atoms with van der Waals surface area (Å²) in [5.74, 6) is -2.55. The number of ether oxygens (including phenoxy) is 2. The fourth-order valence-electron chi connectivity index (χ4n) is 10.0. The highest BCUT2D eigenvalue weighted by atomic mass is 35.5. The molecule has 3 aliphatic heterocycles. The smallest absolute Gasteiger partial charge is 0.393 e. The summed E-state index contributed by atoms with van der Waals surface area (Å²) in [5, 5.41) is 40.8. The zero-order valence-electron chi connectivity index (χ0n) is 51.1. The first kappa shape index (κ1) is 76.7. The van der Waals surface area contributed by atoms with Crippen molar-refractivity contribution in [3.05, 3.63) is 218 Å². The third-order valence-corrected chi connectivity index (χ3v) is 15.4. The van der Waals surface area contributed by atoms with Crippen molar-refractivity contribution in [3.8, 4) is 18.2 Å². The fraction of sp³-hybridized carbons (Fsp3) is 0.234. The molecule has 9 rings (SSSR count). The molecule has 0 bridgehead atoms. The molecule has 6 aromatic rings. The van der Waals surface area contributed by atoms with Gasteiger partial charge in [-0.05, 0) is 108 Å². The van der Waals surface area contributed by atoms with E-state index in [1.165, 1.54) is 105 Å². The molecule has 18 nitrogen and oxygen atoms in total. The van der Waals surface area contributed by atoms with Gasteiger partial charge in [0.2, 0.25) is 0 Å². The Morgan fingerprint density at radius 2 is 0.845 bits per heavy atom. The number of carbonyl (C=O) groups excluding carboxylic acids is 6. The average molecular weight is 1460 g/mol. The van der Waals surface area contributed by atoms with Crippen LogP contribution in [-0.2, 0) is 59.0 Å². The number of nitrogens with one attached hydrogen (secondary N) is 1. The van der Waals surface area contributed by atoms with Gasteiger partial charge >= 0.3 is 36.6 Å². The van der Waals surface area contributed by atoms with Crippen LogP contribution in [0.4, 0.5) is 75.3 Å². The number of urea groups is 3. The lowest BCUT2D eigenvalue weighted by Crippen LogP contribution is -2.49. The van der Waals surface area contributed by atoms with Crippen LogP contribution in [0.15, 0.2) is 153 Å². The van der Waals surface area contributed by atoms with Crippen LogP contribution in [0.5, 0.6) is 0 Å². The number of rotatable bonds is 15. The van der Waals surface area contributed by atoms with Gasteiger partial charge in [-0.2, -0.15) is 55.3 Å². The summed E-state index contributed by atoms with van der Waals surface area (Å²) < 4.78 is 147. The number of alkyl halides is 12. The number of nitriles is 3. The van der Waals surface area contributed by atoms with Crippen molar-refractivity contribution in [1.82, 2.24) is 15.1 Å². The number of likely N-dealkylation sites (N-methyl/N-ethyl adjacent to an activating group) is 2. The van der Waals surface area contributed by atoms with Crippen molar-refractivity contribution in [2.24, 2.45) is 0 Å². The summed E-state index contributed by atoms with van der Waals surface area (Å²) in [6.45, 7) is 5.88. The minimum atomic E-state index is -4.86. The van der Waals surface area contributed by atoms with Gasteiger partial charge in [0.15, 0.2) is 16.6 Å². The maximum Gasteiger partial charge on any atom is 0.417 e. The summed E-state index contributed by atoms with van der Waals surface area (Å²) in [6, 6.07) is 27.5. The first-order valence-corrected chi connectivity index (χ1v) is 29.3. The molecular formula is C64H50Cl5F10N9O9. The van der Waals surface area contributed by atoms with E-state index in [1.54, 1.807) is 12.1 Å². The van der Waals surface area contributed by atoms with Gasteiger partial charge in [0.05, 0.1) is 116 Å². The predicted molar refractivity (Wildman–Crippen MR) is 338 cm³/mol. The number of imide groups is 3. The molecule has 3 aliphatic rings. The molecule has 3 fully saturated rings. The molecule has 3 atom stereocenters. The molecular weight excluding hydrogens is 1410 g/mol. The standard InChI is InChI=1S/C22H17ClF3N3O3.C21H15ClF3N3O3.C19H13ClF3N3O3.CH2Cl2.CH3F/c1-3-10-32-13-21(15-5-7-16(23)8-6-15)19(30)29(20(31)28(21)2)17-9-4-14(12-27)18(11-17)22(24,25)26;1-2-9-31-12-20(14-4-6-15(22)7-5-14)18(29)28(19(30)27-20)16-8-3-13(11-26)17(10-16)21(23,24)25;1-25-17(29)26(14-7-2-11(9-24)15(8-14)19(21,22)23)16(28)18(25,10-27)12-3-5-13(20)6-4-12;2-1-3;1-2/h3-9,11H,1,10,13H2,2H3;2-8,10H,1,9,12H2,(H,27,30);2-8,27H,10H2,1H3;1H2;1H3/i;;;;1D. The minimum absolute atomic E-state index is 0.0770. The lowest BCUT2D eigenvalue weighted by molar-refractivity contribution is -0.138. The van der Waals surface area contributed by atoms with E-state index in [9.17, 15) is 77.8 Å². The van der Waals surface area contributed by atoms with E-state index in [2.05, 4.69) is 18.5 Å². The SMILES string of the molecule is C=CCOCC1(c2ccc(Cl)cc2)C(=O)N(c2ccc(C#N)c(C(F)(F)F)c2)C(=O)N1C.C=CCOCC1(c2ccc(Cl)cc2)NC(=O)N(c2ccc(C#N)c(C(F)(F)F)c2)C1=O.CN1C(=O)N(c2ccc(C#N)c(C(F)(F)F)c2)C(=O)C1(CO)c1ccc(Cl)cc1.ClCCl.[2H]CF.